The van der Waals surface area contributed by atoms with E-state index in [-0.39, 0.29) is 6.61 Å². The van der Waals surface area contributed by atoms with E-state index in [4.69, 9.17) is 114 Å². The summed E-state index contributed by atoms with van der Waals surface area (Å²) in [6.45, 7) is 25.6. The molecule has 0 heterocycles. The SMILES string of the molecule is CCCCCCCCCCCCCCCCCOCCOCCOCCOCCOCCOCCOCCOCCOCCOCCOCCOCCOCCOCCOCCOCCOCCOCCOCCOCCOCCOCCOCCO. The maximum absolute atomic E-state index is 8.62. The molecule has 0 unspecified atom stereocenters. The van der Waals surface area contributed by atoms with Crippen LogP contribution in [0.1, 0.15) is 103 Å². The Labute approximate surface area is 526 Å². The van der Waals surface area contributed by atoms with Crippen LogP contribution in [0.5, 0.6) is 0 Å². The molecular weight excluding hydrogens is 1140 g/mol. The third-order valence-electron chi connectivity index (χ3n) is 12.3. The first-order chi connectivity index (χ1) is 43.4. The largest absolute Gasteiger partial charge is 0.394 e. The van der Waals surface area contributed by atoms with Crippen molar-refractivity contribution in [2.75, 3.05) is 311 Å². The Bertz CT molecular complexity index is 1080. The van der Waals surface area contributed by atoms with Crippen molar-refractivity contribution in [3.8, 4) is 0 Å². The van der Waals surface area contributed by atoms with Crippen LogP contribution < -0.4 is 0 Å². The lowest BCUT2D eigenvalue weighted by Crippen LogP contribution is -2.16. The topological polar surface area (TPSA) is 233 Å². The van der Waals surface area contributed by atoms with Crippen molar-refractivity contribution in [3.63, 3.8) is 0 Å². The molecule has 0 fully saturated rings. The van der Waals surface area contributed by atoms with Crippen LogP contribution in [0, 0.1) is 0 Å². The molecule has 0 radical (unpaired) electrons. The smallest absolute Gasteiger partial charge is 0.0701 e. The van der Waals surface area contributed by atoms with E-state index in [0.29, 0.717) is 297 Å². The van der Waals surface area contributed by atoms with E-state index in [9.17, 15) is 0 Å². The first kappa shape index (κ1) is 86.0. The Morgan fingerprint density at radius 2 is 0.230 bits per heavy atom. The number of ether oxygens (including phenoxy) is 23. The van der Waals surface area contributed by atoms with Gasteiger partial charge in [-0.25, -0.2) is 0 Å². The molecule has 0 aliphatic heterocycles. The van der Waals surface area contributed by atoms with Gasteiger partial charge in [0.2, 0.25) is 0 Å². The van der Waals surface area contributed by atoms with E-state index < -0.39 is 0 Å². The maximum Gasteiger partial charge on any atom is 0.0701 e. The summed E-state index contributed by atoms with van der Waals surface area (Å²) in [5, 5.41) is 8.62. The molecule has 1 N–H and O–H groups in total. The molecule has 0 saturated heterocycles. The van der Waals surface area contributed by atoms with Crippen LogP contribution >= 0.6 is 0 Å². The molecule has 0 amide bonds. The van der Waals surface area contributed by atoms with Crippen LogP contribution in [0.25, 0.3) is 0 Å². The Morgan fingerprint density at radius 3 is 0.356 bits per heavy atom. The zero-order valence-electron chi connectivity index (χ0n) is 54.7. The molecule has 0 aromatic rings. The van der Waals surface area contributed by atoms with Crippen LogP contribution in [0.15, 0.2) is 0 Å². The number of aliphatic hydroxyl groups excluding tert-OH is 1. The van der Waals surface area contributed by atoms with E-state index in [2.05, 4.69) is 6.92 Å². The van der Waals surface area contributed by atoms with Crippen molar-refractivity contribution < 1.29 is 114 Å². The Hall–Kier alpha value is -0.960. The molecule has 0 bridgehead atoms. The van der Waals surface area contributed by atoms with Gasteiger partial charge in [0, 0.05) is 6.61 Å². The Balaban J connectivity index is 3.08. The van der Waals surface area contributed by atoms with Crippen LogP contribution in [-0.4, -0.2) is 316 Å². The van der Waals surface area contributed by atoms with Crippen LogP contribution in [0.2, 0.25) is 0 Å². The van der Waals surface area contributed by atoms with Gasteiger partial charge < -0.3 is 114 Å². The quantitative estimate of drug-likeness (QED) is 0.0665. The molecule has 0 aliphatic rings. The summed E-state index contributed by atoms with van der Waals surface area (Å²) in [6.07, 6.45) is 20.6. The van der Waals surface area contributed by atoms with E-state index in [1.54, 1.807) is 0 Å². The first-order valence-electron chi connectivity index (χ1n) is 33.3. The summed E-state index contributed by atoms with van der Waals surface area (Å²) in [4.78, 5) is 0. The average molecular weight is 1270 g/mol. The molecule has 0 atom stereocenters. The Kier molecular flexibility index (Phi) is 84.1. The summed E-state index contributed by atoms with van der Waals surface area (Å²) in [7, 11) is 0. The van der Waals surface area contributed by atoms with Gasteiger partial charge in [-0.2, -0.15) is 0 Å². The number of hydrogen-bond donors (Lipinski definition) is 1. The summed E-state index contributed by atoms with van der Waals surface area (Å²) in [6, 6.07) is 0. The number of rotatable bonds is 84. The normalized spacial score (nSPS) is 11.8. The molecule has 0 saturated carbocycles. The van der Waals surface area contributed by atoms with E-state index >= 15 is 0 Å². The highest BCUT2D eigenvalue weighted by atomic mass is 16.6. The van der Waals surface area contributed by atoms with E-state index in [1.807, 2.05) is 0 Å². The van der Waals surface area contributed by atoms with Gasteiger partial charge in [-0.05, 0) is 6.42 Å². The minimum atomic E-state index is 0.0188. The zero-order chi connectivity index (χ0) is 62.1. The van der Waals surface area contributed by atoms with Gasteiger partial charge in [-0.1, -0.05) is 96.8 Å². The van der Waals surface area contributed by atoms with Gasteiger partial charge in [-0.15, -0.1) is 0 Å². The van der Waals surface area contributed by atoms with Crippen molar-refractivity contribution in [2.45, 2.75) is 103 Å². The van der Waals surface area contributed by atoms with Gasteiger partial charge in [0.1, 0.15) is 0 Å². The lowest BCUT2D eigenvalue weighted by molar-refractivity contribution is -0.0319. The molecule has 524 valence electrons. The summed E-state index contributed by atoms with van der Waals surface area (Å²) in [5.41, 5.74) is 0. The van der Waals surface area contributed by atoms with Crippen LogP contribution in [0.3, 0.4) is 0 Å². The third-order valence-corrected chi connectivity index (χ3v) is 12.3. The van der Waals surface area contributed by atoms with Crippen molar-refractivity contribution in [1.82, 2.24) is 0 Å². The molecule has 87 heavy (non-hydrogen) atoms. The van der Waals surface area contributed by atoms with Gasteiger partial charge >= 0.3 is 0 Å². The van der Waals surface area contributed by atoms with Crippen LogP contribution in [-0.2, 0) is 109 Å². The second-order valence-electron chi connectivity index (χ2n) is 19.8. The van der Waals surface area contributed by atoms with Gasteiger partial charge in [-0.3, -0.25) is 0 Å². The van der Waals surface area contributed by atoms with Crippen molar-refractivity contribution in [1.29, 1.82) is 0 Å². The predicted molar refractivity (Wildman–Crippen MR) is 331 cm³/mol. The van der Waals surface area contributed by atoms with E-state index in [0.717, 1.165) is 13.0 Å². The molecule has 0 aliphatic carbocycles. The standard InChI is InChI=1S/C63H128O24/c1-2-3-4-5-6-7-8-9-10-11-12-13-14-15-16-18-65-20-22-67-24-26-69-28-30-71-32-34-73-36-38-75-40-42-77-44-46-79-48-50-81-52-54-83-56-58-85-60-62-87-63-61-86-59-57-84-55-53-82-51-49-80-47-45-78-43-41-76-39-37-74-35-33-72-31-29-70-27-25-68-23-21-66-19-17-64/h64H,2-63H2,1H3. The van der Waals surface area contributed by atoms with Crippen molar-refractivity contribution in [2.24, 2.45) is 0 Å². The molecule has 0 aromatic carbocycles. The summed E-state index contributed by atoms with van der Waals surface area (Å²) < 4.78 is 127. The highest BCUT2D eigenvalue weighted by Crippen LogP contribution is 2.13. The molecular formula is C63H128O24. The lowest BCUT2D eigenvalue weighted by Gasteiger charge is -2.09. The third kappa shape index (κ3) is 85.0. The second-order valence-corrected chi connectivity index (χ2v) is 19.8. The van der Waals surface area contributed by atoms with Gasteiger partial charge in [0.15, 0.2) is 0 Å². The fraction of sp³-hybridized carbons (Fsp3) is 1.00. The minimum Gasteiger partial charge on any atom is -0.394 e. The fourth-order valence-electron chi connectivity index (χ4n) is 7.58. The minimum absolute atomic E-state index is 0.0188. The number of aliphatic hydroxyl groups is 1. The molecule has 0 rings (SSSR count). The zero-order valence-corrected chi connectivity index (χ0v) is 54.7. The molecule has 0 aromatic heterocycles. The predicted octanol–water partition coefficient (Wildman–Crippen LogP) is 6.23. The molecule has 24 heteroatoms. The summed E-state index contributed by atoms with van der Waals surface area (Å²) >= 11 is 0. The first-order valence-corrected chi connectivity index (χ1v) is 33.3. The monoisotopic (exact) mass is 1270 g/mol. The van der Waals surface area contributed by atoms with Crippen LogP contribution in [0.4, 0.5) is 0 Å². The average Bonchev–Trinajstić information content (AvgIpc) is 3.53. The van der Waals surface area contributed by atoms with E-state index in [1.165, 1.54) is 89.9 Å². The fourth-order valence-corrected chi connectivity index (χ4v) is 7.58. The lowest BCUT2D eigenvalue weighted by atomic mass is 10.0. The molecule has 24 nitrogen and oxygen atoms in total. The van der Waals surface area contributed by atoms with Gasteiger partial charge in [0.25, 0.3) is 0 Å². The number of unbranched alkanes of at least 4 members (excludes halogenated alkanes) is 14. The number of hydrogen-bond acceptors (Lipinski definition) is 24. The van der Waals surface area contributed by atoms with Crippen molar-refractivity contribution in [3.05, 3.63) is 0 Å². The van der Waals surface area contributed by atoms with Gasteiger partial charge in [0.05, 0.1) is 304 Å². The Morgan fingerprint density at radius 1 is 0.126 bits per heavy atom. The highest BCUT2D eigenvalue weighted by molar-refractivity contribution is 4.51. The molecule has 0 spiro atoms. The second kappa shape index (κ2) is 85.0. The highest BCUT2D eigenvalue weighted by Gasteiger charge is 2.01. The van der Waals surface area contributed by atoms with Crippen molar-refractivity contribution >= 4 is 0 Å². The summed E-state index contributed by atoms with van der Waals surface area (Å²) in [5.74, 6) is 0. The maximum atomic E-state index is 8.62.